The van der Waals surface area contributed by atoms with Crippen molar-refractivity contribution in [3.05, 3.63) is 11.9 Å². The van der Waals surface area contributed by atoms with Gasteiger partial charge in [0.1, 0.15) is 11.8 Å². The zero-order valence-corrected chi connectivity index (χ0v) is 11.1. The molecule has 0 bridgehead atoms. The number of aromatic nitrogens is 2. The maximum Gasteiger partial charge on any atom is 0.162 e. The van der Waals surface area contributed by atoms with Crippen molar-refractivity contribution in [3.63, 3.8) is 0 Å². The molecule has 0 spiro atoms. The van der Waals surface area contributed by atoms with Crippen LogP contribution in [0.15, 0.2) is 6.20 Å². The summed E-state index contributed by atoms with van der Waals surface area (Å²) in [7, 11) is 1.52. The Morgan fingerprint density at radius 2 is 2.00 bits per heavy atom. The smallest absolute Gasteiger partial charge is 0.162 e. The van der Waals surface area contributed by atoms with Crippen LogP contribution in [0, 0.1) is 5.41 Å². The molecule has 5 nitrogen and oxygen atoms in total. The lowest BCUT2D eigenvalue weighted by Gasteiger charge is -2.30. The van der Waals surface area contributed by atoms with E-state index in [4.69, 9.17) is 4.74 Å². The van der Waals surface area contributed by atoms with E-state index in [1.54, 1.807) is 10.9 Å². The molecule has 2 N–H and O–H groups in total. The van der Waals surface area contributed by atoms with Gasteiger partial charge in [0.05, 0.1) is 19.4 Å². The molecule has 0 aliphatic rings. The number of aliphatic hydroxyl groups excluding tert-OH is 2. The highest BCUT2D eigenvalue weighted by Gasteiger charge is 2.34. The van der Waals surface area contributed by atoms with E-state index in [0.717, 1.165) is 0 Å². The van der Waals surface area contributed by atoms with Gasteiger partial charge in [-0.1, -0.05) is 20.8 Å². The Kier molecular flexibility index (Phi) is 4.16. The fourth-order valence-corrected chi connectivity index (χ4v) is 1.71. The van der Waals surface area contributed by atoms with Gasteiger partial charge in [-0.3, -0.25) is 4.68 Å². The van der Waals surface area contributed by atoms with Crippen LogP contribution in [0.3, 0.4) is 0 Å². The minimum absolute atomic E-state index is 0.409. The molecule has 1 heterocycles. The van der Waals surface area contributed by atoms with Crippen LogP contribution in [0.5, 0.6) is 5.75 Å². The fourth-order valence-electron chi connectivity index (χ4n) is 1.71. The van der Waals surface area contributed by atoms with Gasteiger partial charge >= 0.3 is 0 Å². The monoisotopic (exact) mass is 242 g/mol. The number of ether oxygens (including phenoxy) is 1. The van der Waals surface area contributed by atoms with Gasteiger partial charge in [-0.2, -0.15) is 5.10 Å². The molecule has 0 saturated heterocycles. The van der Waals surface area contributed by atoms with Gasteiger partial charge in [0.2, 0.25) is 0 Å². The third-order valence-electron chi connectivity index (χ3n) is 2.83. The third-order valence-corrected chi connectivity index (χ3v) is 2.83. The Morgan fingerprint density at radius 1 is 1.41 bits per heavy atom. The molecule has 0 fully saturated rings. The maximum absolute atomic E-state index is 10.2. The zero-order chi connectivity index (χ0) is 13.2. The summed E-state index contributed by atoms with van der Waals surface area (Å²) in [5, 5.41) is 24.5. The van der Waals surface area contributed by atoms with Crippen molar-refractivity contribution >= 4 is 0 Å². The molecule has 0 aromatic carbocycles. The van der Waals surface area contributed by atoms with Crippen LogP contribution in [-0.2, 0) is 6.54 Å². The summed E-state index contributed by atoms with van der Waals surface area (Å²) in [6, 6.07) is 0. The Morgan fingerprint density at radius 3 is 2.41 bits per heavy atom. The van der Waals surface area contributed by atoms with E-state index in [1.807, 2.05) is 27.7 Å². The first-order valence-corrected chi connectivity index (χ1v) is 5.78. The SMILES string of the molecule is CCn1ncc(OC)c1C(O)C(O)C(C)(C)C. The lowest BCUT2D eigenvalue weighted by Crippen LogP contribution is -2.33. The summed E-state index contributed by atoms with van der Waals surface area (Å²) in [6.45, 7) is 8.17. The molecule has 1 aromatic rings. The van der Waals surface area contributed by atoms with Crippen LogP contribution in [-0.4, -0.2) is 33.2 Å². The molecule has 2 unspecified atom stereocenters. The molecule has 1 rings (SSSR count). The lowest BCUT2D eigenvalue weighted by atomic mass is 9.85. The summed E-state index contributed by atoms with van der Waals surface area (Å²) in [4.78, 5) is 0. The standard InChI is InChI=1S/C12H22N2O3/c1-6-14-9(8(17-5)7-13-14)10(15)11(16)12(2,3)4/h7,10-11,15-16H,6H2,1-5H3. The van der Waals surface area contributed by atoms with Crippen LogP contribution in [0.1, 0.15) is 39.5 Å². The average molecular weight is 242 g/mol. The summed E-state index contributed by atoms with van der Waals surface area (Å²) in [5.41, 5.74) is 0.116. The van der Waals surface area contributed by atoms with Gasteiger partial charge in [-0.15, -0.1) is 0 Å². The highest BCUT2D eigenvalue weighted by atomic mass is 16.5. The van der Waals surface area contributed by atoms with Crippen molar-refractivity contribution in [2.24, 2.45) is 5.41 Å². The highest BCUT2D eigenvalue weighted by molar-refractivity contribution is 5.28. The van der Waals surface area contributed by atoms with Crippen LogP contribution in [0.2, 0.25) is 0 Å². The van der Waals surface area contributed by atoms with E-state index >= 15 is 0 Å². The molecular formula is C12H22N2O3. The number of aryl methyl sites for hydroxylation is 1. The first-order valence-electron chi connectivity index (χ1n) is 5.78. The average Bonchev–Trinajstić information content (AvgIpc) is 2.68. The van der Waals surface area contributed by atoms with Crippen molar-refractivity contribution in [2.75, 3.05) is 7.11 Å². The van der Waals surface area contributed by atoms with Crippen LogP contribution >= 0.6 is 0 Å². The molecule has 0 aliphatic heterocycles. The largest absolute Gasteiger partial charge is 0.493 e. The van der Waals surface area contributed by atoms with E-state index in [1.165, 1.54) is 7.11 Å². The molecule has 1 aromatic heterocycles. The number of methoxy groups -OCH3 is 1. The lowest BCUT2D eigenvalue weighted by molar-refractivity contribution is -0.0503. The summed E-state index contributed by atoms with van der Waals surface area (Å²) in [5.74, 6) is 0.502. The molecule has 0 amide bonds. The second kappa shape index (κ2) is 5.06. The Balaban J connectivity index is 3.10. The molecule has 2 atom stereocenters. The summed E-state index contributed by atoms with van der Waals surface area (Å²) >= 11 is 0. The van der Waals surface area contributed by atoms with Gasteiger partial charge < -0.3 is 14.9 Å². The highest BCUT2D eigenvalue weighted by Crippen LogP contribution is 2.34. The maximum atomic E-state index is 10.2. The second-order valence-corrected chi connectivity index (χ2v) is 5.17. The second-order valence-electron chi connectivity index (χ2n) is 5.17. The van der Waals surface area contributed by atoms with Crippen molar-refractivity contribution < 1.29 is 14.9 Å². The van der Waals surface area contributed by atoms with Crippen LogP contribution in [0.25, 0.3) is 0 Å². The molecule has 0 saturated carbocycles. The van der Waals surface area contributed by atoms with Gasteiger partial charge in [-0.05, 0) is 12.3 Å². The number of nitrogens with zero attached hydrogens (tertiary/aromatic N) is 2. The van der Waals surface area contributed by atoms with Crippen molar-refractivity contribution in [3.8, 4) is 5.75 Å². The van der Waals surface area contributed by atoms with Gasteiger partial charge in [0.15, 0.2) is 5.75 Å². The molecule has 0 radical (unpaired) electrons. The van der Waals surface area contributed by atoms with E-state index in [0.29, 0.717) is 18.0 Å². The normalized spacial score (nSPS) is 15.7. The topological polar surface area (TPSA) is 67.5 Å². The van der Waals surface area contributed by atoms with E-state index in [9.17, 15) is 10.2 Å². The quantitative estimate of drug-likeness (QED) is 0.836. The van der Waals surface area contributed by atoms with E-state index < -0.39 is 17.6 Å². The minimum Gasteiger partial charge on any atom is -0.493 e. The number of hydrogen-bond acceptors (Lipinski definition) is 4. The van der Waals surface area contributed by atoms with Gasteiger partial charge in [-0.25, -0.2) is 0 Å². The van der Waals surface area contributed by atoms with Crippen LogP contribution in [0.4, 0.5) is 0 Å². The third kappa shape index (κ3) is 2.79. The zero-order valence-electron chi connectivity index (χ0n) is 11.1. The molecule has 98 valence electrons. The van der Waals surface area contributed by atoms with Crippen molar-refractivity contribution in [2.45, 2.75) is 46.4 Å². The van der Waals surface area contributed by atoms with E-state index in [-0.39, 0.29) is 0 Å². The Bertz CT molecular complexity index is 347. The van der Waals surface area contributed by atoms with Gasteiger partial charge in [0.25, 0.3) is 0 Å². The summed E-state index contributed by atoms with van der Waals surface area (Å²) < 4.78 is 6.79. The first kappa shape index (κ1) is 14.0. The molecule has 5 heteroatoms. The first-order chi connectivity index (χ1) is 7.82. The fraction of sp³-hybridized carbons (Fsp3) is 0.750. The number of rotatable bonds is 4. The number of aliphatic hydroxyl groups is 2. The minimum atomic E-state index is -1.01. The Labute approximate surface area is 102 Å². The predicted molar refractivity (Wildman–Crippen MR) is 64.9 cm³/mol. The molecule has 17 heavy (non-hydrogen) atoms. The Hall–Kier alpha value is -1.07. The summed E-state index contributed by atoms with van der Waals surface area (Å²) in [6.07, 6.45) is -0.331. The van der Waals surface area contributed by atoms with E-state index in [2.05, 4.69) is 5.10 Å². The predicted octanol–water partition coefficient (Wildman–Crippen LogP) is 1.35. The molecular weight excluding hydrogens is 220 g/mol. The van der Waals surface area contributed by atoms with Gasteiger partial charge in [0, 0.05) is 6.54 Å². The van der Waals surface area contributed by atoms with Crippen LogP contribution < -0.4 is 4.74 Å². The van der Waals surface area contributed by atoms with Crippen molar-refractivity contribution in [1.82, 2.24) is 9.78 Å². The molecule has 0 aliphatic carbocycles. The van der Waals surface area contributed by atoms with Crippen molar-refractivity contribution in [1.29, 1.82) is 0 Å². The number of hydrogen-bond donors (Lipinski definition) is 2.